The lowest BCUT2D eigenvalue weighted by Crippen LogP contribution is -2.32. The average molecular weight is 1040 g/mol. The number of carbonyl (C=O) groups is 6. The Kier molecular flexibility index (Phi) is 19.6. The molecule has 4 amide bonds. The topological polar surface area (TPSA) is 218 Å². The maximum atomic E-state index is 13.6. The van der Waals surface area contributed by atoms with Crippen molar-refractivity contribution in [3.63, 3.8) is 0 Å². The van der Waals surface area contributed by atoms with Crippen molar-refractivity contribution in [3.8, 4) is 11.5 Å². The SMILES string of the molecule is CCOc1cc(CCl)cc(NC(=O)c2cccc(N=NC(C(C)=O)C(=O)Nc3ccc(NC(=O)C(N=Nc4cccc(C(=O)Nc5cc(CCl)cc(OCC)c5)c4Cl)C(C)=O)c(C(C)Cl)c3)c2Cl)c1. The zero-order valence-corrected chi connectivity index (χ0v) is 41.4. The van der Waals surface area contributed by atoms with E-state index in [2.05, 4.69) is 41.7 Å². The van der Waals surface area contributed by atoms with Crippen LogP contribution in [-0.2, 0) is 30.9 Å². The largest absolute Gasteiger partial charge is 0.494 e. The van der Waals surface area contributed by atoms with E-state index in [1.807, 2.05) is 13.8 Å². The molecule has 0 radical (unpaired) electrons. The third-order valence-electron chi connectivity index (χ3n) is 9.66. The van der Waals surface area contributed by atoms with Gasteiger partial charge in [0.05, 0.1) is 39.8 Å². The van der Waals surface area contributed by atoms with Gasteiger partial charge in [-0.15, -0.1) is 34.8 Å². The van der Waals surface area contributed by atoms with Crippen LogP contribution in [0.1, 0.15) is 77.4 Å². The molecule has 5 aromatic rings. The number of nitrogens with zero attached hydrogens (tertiary/aromatic N) is 4. The zero-order valence-electron chi connectivity index (χ0n) is 37.7. The summed E-state index contributed by atoms with van der Waals surface area (Å²) < 4.78 is 11.1. The van der Waals surface area contributed by atoms with Gasteiger partial charge in [-0.1, -0.05) is 35.3 Å². The minimum Gasteiger partial charge on any atom is -0.494 e. The van der Waals surface area contributed by atoms with Gasteiger partial charge < -0.3 is 30.7 Å². The Bertz CT molecular complexity index is 2820. The Balaban J connectivity index is 1.28. The normalized spacial score (nSPS) is 12.5. The molecule has 16 nitrogen and oxygen atoms in total. The van der Waals surface area contributed by atoms with Crippen molar-refractivity contribution in [1.29, 1.82) is 0 Å². The van der Waals surface area contributed by atoms with Crippen molar-refractivity contribution >= 4 is 127 Å². The van der Waals surface area contributed by atoms with Gasteiger partial charge in [-0.3, -0.25) is 28.8 Å². The van der Waals surface area contributed by atoms with E-state index in [0.29, 0.717) is 52.8 Å². The van der Waals surface area contributed by atoms with Crippen molar-refractivity contribution < 1.29 is 38.2 Å². The van der Waals surface area contributed by atoms with Crippen molar-refractivity contribution in [2.24, 2.45) is 20.5 Å². The number of alkyl halides is 3. The van der Waals surface area contributed by atoms with Crippen LogP contribution in [0.3, 0.4) is 0 Å². The van der Waals surface area contributed by atoms with E-state index in [9.17, 15) is 28.8 Å². The number of rotatable bonds is 21. The molecule has 360 valence electrons. The first-order chi connectivity index (χ1) is 33.0. The van der Waals surface area contributed by atoms with Gasteiger partial charge in [0.15, 0.2) is 11.6 Å². The van der Waals surface area contributed by atoms with E-state index in [0.717, 1.165) is 13.8 Å². The number of Topliss-reactive ketones (excluding diaryl/α,β-unsaturated/α-hetero) is 2. The number of carbonyl (C=O) groups excluding carboxylic acids is 6. The standard InChI is InChI=1S/C48H45Cl5N8O8/c1-6-68-33-18-28(23-49)16-31(20-33)55-45(64)35-10-8-12-39(41(35)52)58-60-43(26(4)62)47(66)54-30-14-15-38(37(22-30)25(3)51)57-48(67)44(27(5)63)61-59-40-13-9-11-36(42(40)53)46(65)56-32-17-29(24-50)19-34(21-32)69-7-2/h8-22,25,43-44H,6-7,23-24H2,1-5H3,(H,54,66)(H,55,64)(H,56,65)(H,57,67). The van der Waals surface area contributed by atoms with Crippen molar-refractivity contribution in [2.75, 3.05) is 34.5 Å². The summed E-state index contributed by atoms with van der Waals surface area (Å²) in [5.41, 5.74) is 3.03. The molecule has 0 spiro atoms. The average Bonchev–Trinajstić information content (AvgIpc) is 3.30. The van der Waals surface area contributed by atoms with Gasteiger partial charge in [-0.2, -0.15) is 20.5 Å². The van der Waals surface area contributed by atoms with Crippen LogP contribution in [0.2, 0.25) is 10.0 Å². The Morgan fingerprint density at radius 2 is 1.03 bits per heavy atom. The number of ether oxygens (including phenoxy) is 2. The molecule has 3 unspecified atom stereocenters. The second-order valence-corrected chi connectivity index (χ2v) is 16.8. The van der Waals surface area contributed by atoms with Gasteiger partial charge in [0.25, 0.3) is 23.6 Å². The lowest BCUT2D eigenvalue weighted by molar-refractivity contribution is -0.127. The number of amides is 4. The fourth-order valence-corrected chi connectivity index (χ4v) is 7.42. The summed E-state index contributed by atoms with van der Waals surface area (Å²) in [6.45, 7) is 8.37. The number of anilines is 4. The van der Waals surface area contributed by atoms with Gasteiger partial charge >= 0.3 is 0 Å². The van der Waals surface area contributed by atoms with E-state index < -0.39 is 52.7 Å². The summed E-state index contributed by atoms with van der Waals surface area (Å²) in [5, 5.41) is 25.9. The van der Waals surface area contributed by atoms with Gasteiger partial charge in [0.2, 0.25) is 12.1 Å². The Hall–Kier alpha value is -6.43. The van der Waals surface area contributed by atoms with Gasteiger partial charge in [0, 0.05) is 46.6 Å². The van der Waals surface area contributed by atoms with Gasteiger partial charge in [-0.25, -0.2) is 0 Å². The van der Waals surface area contributed by atoms with Crippen LogP contribution in [-0.4, -0.2) is 60.5 Å². The minimum atomic E-state index is -1.65. The second-order valence-electron chi connectivity index (χ2n) is 14.9. The third-order valence-corrected chi connectivity index (χ3v) is 11.3. The highest BCUT2D eigenvalue weighted by Gasteiger charge is 2.27. The number of hydrogen-bond acceptors (Lipinski definition) is 12. The summed E-state index contributed by atoms with van der Waals surface area (Å²) in [6.07, 6.45) is 0. The lowest BCUT2D eigenvalue weighted by Gasteiger charge is -2.17. The van der Waals surface area contributed by atoms with Crippen LogP contribution in [0, 0.1) is 0 Å². The maximum absolute atomic E-state index is 13.6. The van der Waals surface area contributed by atoms with Crippen molar-refractivity contribution in [3.05, 3.63) is 129 Å². The summed E-state index contributed by atoms with van der Waals surface area (Å²) in [6, 6.07) is 20.1. The first-order valence-electron chi connectivity index (χ1n) is 21.0. The van der Waals surface area contributed by atoms with Gasteiger partial charge in [0.1, 0.15) is 22.9 Å². The highest BCUT2D eigenvalue weighted by Crippen LogP contribution is 2.34. The molecule has 5 rings (SSSR count). The quantitative estimate of drug-likeness (QED) is 0.0314. The molecule has 4 N–H and O–H groups in total. The van der Waals surface area contributed by atoms with Crippen LogP contribution < -0.4 is 30.7 Å². The molecular weight excluding hydrogens is 994 g/mol. The first kappa shape index (κ1) is 53.5. The van der Waals surface area contributed by atoms with E-state index in [1.165, 1.54) is 54.6 Å². The molecular formula is C48H45Cl5N8O8. The second kappa shape index (κ2) is 25.3. The van der Waals surface area contributed by atoms with Crippen molar-refractivity contribution in [1.82, 2.24) is 0 Å². The molecule has 0 aromatic heterocycles. The molecule has 0 aliphatic carbocycles. The summed E-state index contributed by atoms with van der Waals surface area (Å²) in [4.78, 5) is 79.1. The molecule has 0 saturated carbocycles. The predicted molar refractivity (Wildman–Crippen MR) is 269 cm³/mol. The number of ketones is 2. The van der Waals surface area contributed by atoms with Crippen LogP contribution in [0.25, 0.3) is 0 Å². The fourth-order valence-electron chi connectivity index (χ4n) is 6.43. The Morgan fingerprint density at radius 1 is 0.580 bits per heavy atom. The molecule has 21 heteroatoms. The zero-order chi connectivity index (χ0) is 50.4. The number of azo groups is 2. The highest BCUT2D eigenvalue weighted by atomic mass is 35.5. The van der Waals surface area contributed by atoms with E-state index in [1.54, 1.807) is 43.3 Å². The number of nitrogens with one attached hydrogen (secondary N) is 4. The van der Waals surface area contributed by atoms with Crippen LogP contribution in [0.15, 0.2) is 111 Å². The fraction of sp³-hybridized carbons (Fsp3) is 0.250. The lowest BCUT2D eigenvalue weighted by atomic mass is 10.1. The molecule has 0 saturated heterocycles. The van der Waals surface area contributed by atoms with Crippen molar-refractivity contribution in [2.45, 2.75) is 63.8 Å². The monoisotopic (exact) mass is 1040 g/mol. The summed E-state index contributed by atoms with van der Waals surface area (Å²) in [7, 11) is 0. The van der Waals surface area contributed by atoms with E-state index in [4.69, 9.17) is 67.5 Å². The molecule has 5 aromatic carbocycles. The van der Waals surface area contributed by atoms with E-state index in [-0.39, 0.29) is 55.7 Å². The third kappa shape index (κ3) is 14.5. The number of hydrogen-bond donors (Lipinski definition) is 4. The van der Waals surface area contributed by atoms with Crippen LogP contribution in [0.5, 0.6) is 11.5 Å². The smallest absolute Gasteiger partial charge is 0.258 e. The molecule has 0 aliphatic heterocycles. The Morgan fingerprint density at radius 3 is 1.43 bits per heavy atom. The van der Waals surface area contributed by atoms with Crippen LogP contribution in [0.4, 0.5) is 34.1 Å². The molecule has 3 atom stereocenters. The maximum Gasteiger partial charge on any atom is 0.258 e. The predicted octanol–water partition coefficient (Wildman–Crippen LogP) is 12.4. The molecule has 69 heavy (non-hydrogen) atoms. The first-order valence-corrected chi connectivity index (χ1v) is 23.3. The summed E-state index contributed by atoms with van der Waals surface area (Å²) in [5.74, 6) is -2.81. The molecule has 0 bridgehead atoms. The minimum absolute atomic E-state index is 0.00747. The number of halogens is 5. The van der Waals surface area contributed by atoms with Gasteiger partial charge in [-0.05, 0) is 118 Å². The highest BCUT2D eigenvalue weighted by molar-refractivity contribution is 6.37. The number of benzene rings is 5. The molecule has 0 aliphatic rings. The van der Waals surface area contributed by atoms with Crippen LogP contribution >= 0.6 is 58.0 Å². The van der Waals surface area contributed by atoms with E-state index >= 15 is 0 Å². The summed E-state index contributed by atoms with van der Waals surface area (Å²) >= 11 is 31.7. The molecule has 0 fully saturated rings. The molecule has 0 heterocycles. The Labute approximate surface area is 422 Å².